The summed E-state index contributed by atoms with van der Waals surface area (Å²) in [4.78, 5) is 16.4. The zero-order valence-corrected chi connectivity index (χ0v) is 12.3. The van der Waals surface area contributed by atoms with E-state index < -0.39 is 0 Å². The lowest BCUT2D eigenvalue weighted by atomic mass is 10.1. The van der Waals surface area contributed by atoms with Gasteiger partial charge in [0.05, 0.1) is 18.4 Å². The number of aryl methyl sites for hydroxylation is 1. The zero-order chi connectivity index (χ0) is 15.5. The fourth-order valence-corrected chi connectivity index (χ4v) is 2.52. The molecule has 6 nitrogen and oxygen atoms in total. The molecule has 3 rings (SSSR count). The molecule has 0 fully saturated rings. The molecule has 0 radical (unpaired) electrons. The van der Waals surface area contributed by atoms with Crippen LogP contribution in [-0.4, -0.2) is 28.6 Å². The summed E-state index contributed by atoms with van der Waals surface area (Å²) in [7, 11) is 0. The van der Waals surface area contributed by atoms with Crippen molar-refractivity contribution in [2.24, 2.45) is 5.92 Å². The van der Waals surface area contributed by atoms with Gasteiger partial charge in [0.15, 0.2) is 5.76 Å². The maximum Gasteiger partial charge on any atom is 0.263 e. The summed E-state index contributed by atoms with van der Waals surface area (Å²) < 4.78 is 10.8. The Bertz CT molecular complexity index is 672. The van der Waals surface area contributed by atoms with E-state index >= 15 is 0 Å². The van der Waals surface area contributed by atoms with Crippen LogP contribution in [-0.2, 0) is 11.2 Å². The van der Waals surface area contributed by atoms with Crippen molar-refractivity contribution in [3.8, 4) is 11.7 Å². The van der Waals surface area contributed by atoms with Crippen LogP contribution in [0.3, 0.4) is 0 Å². The smallest absolute Gasteiger partial charge is 0.263 e. The summed E-state index contributed by atoms with van der Waals surface area (Å²) in [6, 6.07) is 3.49. The maximum absolute atomic E-state index is 12.1. The van der Waals surface area contributed by atoms with Crippen molar-refractivity contribution in [2.75, 3.05) is 6.61 Å². The van der Waals surface area contributed by atoms with Crippen molar-refractivity contribution >= 4 is 5.91 Å². The molecule has 116 valence electrons. The van der Waals surface area contributed by atoms with Crippen LogP contribution in [0, 0.1) is 12.8 Å². The number of rotatable bonds is 5. The Hall–Kier alpha value is -2.34. The second-order valence-electron chi connectivity index (χ2n) is 5.41. The van der Waals surface area contributed by atoms with Gasteiger partial charge in [0, 0.05) is 18.6 Å². The molecule has 0 bridgehead atoms. The number of furan rings is 1. The average Bonchev–Trinajstić information content (AvgIpc) is 3.21. The predicted octanol–water partition coefficient (Wildman–Crippen LogP) is 1.84. The first-order valence-corrected chi connectivity index (χ1v) is 7.24. The average molecular weight is 302 g/mol. The van der Waals surface area contributed by atoms with Crippen molar-refractivity contribution in [2.45, 2.75) is 25.8 Å². The molecule has 1 aliphatic rings. The molecule has 0 unspecified atom stereocenters. The minimum atomic E-state index is -0.115. The zero-order valence-electron chi connectivity index (χ0n) is 12.3. The molecule has 2 aromatic heterocycles. The molecule has 2 N–H and O–H groups in total. The highest BCUT2D eigenvalue weighted by atomic mass is 16.4. The number of aliphatic hydroxyl groups is 1. The Labute approximate surface area is 127 Å². The quantitative estimate of drug-likeness (QED) is 0.823. The highest BCUT2D eigenvalue weighted by Crippen LogP contribution is 2.22. The molecule has 2 aromatic rings. The highest BCUT2D eigenvalue weighted by Gasteiger charge is 2.21. The molecule has 6 heteroatoms. The van der Waals surface area contributed by atoms with E-state index in [4.69, 9.17) is 13.9 Å². The maximum atomic E-state index is 12.1. The number of hydrogen-bond acceptors (Lipinski definition) is 5. The first-order valence-electron chi connectivity index (χ1n) is 7.24. The van der Waals surface area contributed by atoms with E-state index in [2.05, 4.69) is 10.3 Å². The fraction of sp³-hybridized carbons (Fsp3) is 0.375. The van der Waals surface area contributed by atoms with Gasteiger partial charge in [0.25, 0.3) is 5.89 Å². The van der Waals surface area contributed by atoms with Crippen LogP contribution in [0.2, 0.25) is 0 Å². The summed E-state index contributed by atoms with van der Waals surface area (Å²) in [5, 5.41) is 12.0. The van der Waals surface area contributed by atoms with Gasteiger partial charge in [-0.3, -0.25) is 4.79 Å². The number of nitrogens with zero attached hydrogens (tertiary/aromatic N) is 1. The topological polar surface area (TPSA) is 88.5 Å². The summed E-state index contributed by atoms with van der Waals surface area (Å²) in [5.74, 6) is 1.54. The summed E-state index contributed by atoms with van der Waals surface area (Å²) in [5.41, 5.74) is 0.601. The van der Waals surface area contributed by atoms with E-state index in [0.29, 0.717) is 23.1 Å². The minimum Gasteiger partial charge on any atom is -0.459 e. The second kappa shape index (κ2) is 6.19. The van der Waals surface area contributed by atoms with E-state index in [1.807, 2.05) is 12.2 Å². The first-order chi connectivity index (χ1) is 10.7. The Morgan fingerprint density at radius 3 is 3.05 bits per heavy atom. The van der Waals surface area contributed by atoms with E-state index in [1.54, 1.807) is 25.3 Å². The highest BCUT2D eigenvalue weighted by molar-refractivity contribution is 5.79. The number of aliphatic hydroxyl groups excluding tert-OH is 1. The normalized spacial score (nSPS) is 20.5. The van der Waals surface area contributed by atoms with Crippen LogP contribution in [0.1, 0.15) is 17.9 Å². The Kier molecular flexibility index (Phi) is 4.11. The standard InChI is InChI=1S/C16H18N2O4/c1-10-13(18-16(22-10)14-3-2-6-21-14)8-15(20)17-12-5-4-11(7-12)9-19/h2-6,11-12,19H,7-9H2,1H3,(H,17,20)/t11-,12+/m0/s1. The van der Waals surface area contributed by atoms with Crippen molar-refractivity contribution < 1.29 is 18.7 Å². The lowest BCUT2D eigenvalue weighted by Gasteiger charge is -2.12. The van der Waals surface area contributed by atoms with Gasteiger partial charge in [-0.15, -0.1) is 0 Å². The summed E-state index contributed by atoms with van der Waals surface area (Å²) in [6.45, 7) is 1.89. The Morgan fingerprint density at radius 1 is 1.50 bits per heavy atom. The largest absolute Gasteiger partial charge is 0.459 e. The Balaban J connectivity index is 1.61. The van der Waals surface area contributed by atoms with Crippen LogP contribution < -0.4 is 5.32 Å². The number of oxazole rings is 1. The van der Waals surface area contributed by atoms with Gasteiger partial charge in [0.2, 0.25) is 5.91 Å². The van der Waals surface area contributed by atoms with Gasteiger partial charge >= 0.3 is 0 Å². The van der Waals surface area contributed by atoms with Gasteiger partial charge in [-0.05, 0) is 25.5 Å². The van der Waals surface area contributed by atoms with E-state index in [-0.39, 0.29) is 30.9 Å². The van der Waals surface area contributed by atoms with Crippen molar-refractivity contribution in [1.82, 2.24) is 10.3 Å². The van der Waals surface area contributed by atoms with Crippen molar-refractivity contribution in [1.29, 1.82) is 0 Å². The third-order valence-corrected chi connectivity index (χ3v) is 3.71. The lowest BCUT2D eigenvalue weighted by Crippen LogP contribution is -2.34. The van der Waals surface area contributed by atoms with E-state index in [1.165, 1.54) is 0 Å². The lowest BCUT2D eigenvalue weighted by molar-refractivity contribution is -0.120. The SMILES string of the molecule is Cc1oc(-c2ccco2)nc1CC(=O)N[C@@H]1C=C[C@H](CO)C1. The van der Waals surface area contributed by atoms with Gasteiger partial charge in [-0.1, -0.05) is 12.2 Å². The van der Waals surface area contributed by atoms with Gasteiger partial charge in [-0.25, -0.2) is 4.98 Å². The molecule has 0 aromatic carbocycles. The number of carbonyl (C=O) groups is 1. The minimum absolute atomic E-state index is 0.0265. The molecule has 0 aliphatic heterocycles. The molecule has 1 aliphatic carbocycles. The molecule has 2 heterocycles. The Morgan fingerprint density at radius 2 is 2.36 bits per heavy atom. The molecule has 22 heavy (non-hydrogen) atoms. The van der Waals surface area contributed by atoms with Gasteiger partial charge in [-0.2, -0.15) is 0 Å². The van der Waals surface area contributed by atoms with E-state index in [0.717, 1.165) is 6.42 Å². The number of hydrogen-bond donors (Lipinski definition) is 2. The molecule has 1 amide bonds. The van der Waals surface area contributed by atoms with Crippen molar-refractivity contribution in [3.05, 3.63) is 42.0 Å². The van der Waals surface area contributed by atoms with E-state index in [9.17, 15) is 4.79 Å². The molecular formula is C16H18N2O4. The van der Waals surface area contributed by atoms with Crippen LogP contribution in [0.25, 0.3) is 11.7 Å². The van der Waals surface area contributed by atoms with Crippen LogP contribution >= 0.6 is 0 Å². The number of aromatic nitrogens is 1. The summed E-state index contributed by atoms with van der Waals surface area (Å²) >= 11 is 0. The van der Waals surface area contributed by atoms with Gasteiger partial charge < -0.3 is 19.3 Å². The molecule has 2 atom stereocenters. The molecule has 0 saturated heterocycles. The third-order valence-electron chi connectivity index (χ3n) is 3.71. The van der Waals surface area contributed by atoms with Crippen LogP contribution in [0.15, 0.2) is 39.4 Å². The molecule has 0 saturated carbocycles. The second-order valence-corrected chi connectivity index (χ2v) is 5.41. The third kappa shape index (κ3) is 3.12. The number of nitrogens with one attached hydrogen (secondary N) is 1. The van der Waals surface area contributed by atoms with Crippen LogP contribution in [0.4, 0.5) is 0 Å². The predicted molar refractivity (Wildman–Crippen MR) is 78.9 cm³/mol. The van der Waals surface area contributed by atoms with Crippen molar-refractivity contribution in [3.63, 3.8) is 0 Å². The number of carbonyl (C=O) groups excluding carboxylic acids is 1. The molecular weight excluding hydrogens is 284 g/mol. The van der Waals surface area contributed by atoms with Gasteiger partial charge in [0.1, 0.15) is 5.76 Å². The molecule has 0 spiro atoms. The fourth-order valence-electron chi connectivity index (χ4n) is 2.52. The summed E-state index contributed by atoms with van der Waals surface area (Å²) in [6.07, 6.45) is 6.29. The first kappa shape index (κ1) is 14.6. The monoisotopic (exact) mass is 302 g/mol. The number of amides is 1. The van der Waals surface area contributed by atoms with Crippen LogP contribution in [0.5, 0.6) is 0 Å².